The van der Waals surface area contributed by atoms with Crippen LogP contribution < -0.4 is 0 Å². The average molecular weight is 329 g/mol. The van der Waals surface area contributed by atoms with Crippen LogP contribution in [0.1, 0.15) is 39.5 Å². The lowest BCUT2D eigenvalue weighted by Crippen LogP contribution is -2.48. The Morgan fingerprint density at radius 3 is 2.52 bits per heavy atom. The van der Waals surface area contributed by atoms with Gasteiger partial charge in [-0.05, 0) is 49.9 Å². The van der Waals surface area contributed by atoms with Crippen molar-refractivity contribution in [3.05, 3.63) is 33.9 Å². The SMILES string of the molecule is CC(=O)c1c(C)cc(C)c(CN2CCOC(C(F)(F)F)C2)c1C. The van der Waals surface area contributed by atoms with Gasteiger partial charge in [-0.3, -0.25) is 9.69 Å². The Labute approximate surface area is 134 Å². The monoisotopic (exact) mass is 329 g/mol. The molecule has 1 aromatic carbocycles. The molecule has 1 aliphatic rings. The number of aryl methyl sites for hydroxylation is 2. The fraction of sp³-hybridized carbons (Fsp3) is 0.588. The number of carbonyl (C=O) groups excluding carboxylic acids is 1. The number of Topliss-reactive ketones (excluding diaryl/α,β-unsaturated/α-hetero) is 1. The summed E-state index contributed by atoms with van der Waals surface area (Å²) in [6.07, 6.45) is -6.09. The molecular weight excluding hydrogens is 307 g/mol. The van der Waals surface area contributed by atoms with E-state index in [1.54, 1.807) is 4.90 Å². The highest BCUT2D eigenvalue weighted by Crippen LogP contribution is 2.28. The molecule has 0 spiro atoms. The van der Waals surface area contributed by atoms with Crippen molar-refractivity contribution in [2.24, 2.45) is 0 Å². The zero-order chi connectivity index (χ0) is 17.4. The quantitative estimate of drug-likeness (QED) is 0.794. The molecule has 0 aromatic heterocycles. The van der Waals surface area contributed by atoms with Gasteiger partial charge < -0.3 is 4.74 Å². The number of ketones is 1. The number of benzene rings is 1. The molecule has 0 amide bonds. The van der Waals surface area contributed by atoms with Crippen molar-refractivity contribution in [2.45, 2.75) is 46.5 Å². The second-order valence-electron chi connectivity index (χ2n) is 6.18. The summed E-state index contributed by atoms with van der Waals surface area (Å²) in [5.41, 5.74) is 4.38. The van der Waals surface area contributed by atoms with Crippen LogP contribution in [0.5, 0.6) is 0 Å². The zero-order valence-corrected chi connectivity index (χ0v) is 13.9. The highest BCUT2D eigenvalue weighted by Gasteiger charge is 2.43. The van der Waals surface area contributed by atoms with Gasteiger partial charge in [-0.15, -0.1) is 0 Å². The molecule has 1 saturated heterocycles. The van der Waals surface area contributed by atoms with Crippen molar-refractivity contribution in [3.8, 4) is 0 Å². The molecule has 1 heterocycles. The van der Waals surface area contributed by atoms with Crippen LogP contribution in [-0.2, 0) is 11.3 Å². The van der Waals surface area contributed by atoms with Crippen molar-refractivity contribution < 1.29 is 22.7 Å². The number of ether oxygens (including phenoxy) is 1. The molecule has 2 rings (SSSR count). The number of morpholine rings is 1. The van der Waals surface area contributed by atoms with Gasteiger partial charge in [0.2, 0.25) is 0 Å². The second kappa shape index (κ2) is 6.61. The van der Waals surface area contributed by atoms with Crippen LogP contribution in [0.3, 0.4) is 0 Å². The first kappa shape index (κ1) is 17.9. The molecule has 0 radical (unpaired) electrons. The maximum Gasteiger partial charge on any atom is 0.415 e. The average Bonchev–Trinajstić information content (AvgIpc) is 2.42. The summed E-state index contributed by atoms with van der Waals surface area (Å²) in [6, 6.07) is 1.93. The summed E-state index contributed by atoms with van der Waals surface area (Å²) in [6.45, 7) is 7.94. The minimum atomic E-state index is -4.35. The van der Waals surface area contributed by atoms with Gasteiger partial charge in [-0.1, -0.05) is 6.07 Å². The third kappa shape index (κ3) is 3.93. The highest BCUT2D eigenvalue weighted by atomic mass is 19.4. The van der Waals surface area contributed by atoms with Crippen LogP contribution in [0.15, 0.2) is 6.07 Å². The molecular formula is C17H22F3NO2. The van der Waals surface area contributed by atoms with Crippen LogP contribution in [0.4, 0.5) is 13.2 Å². The molecule has 23 heavy (non-hydrogen) atoms. The number of halogens is 3. The van der Waals surface area contributed by atoms with E-state index in [9.17, 15) is 18.0 Å². The largest absolute Gasteiger partial charge is 0.415 e. The lowest BCUT2D eigenvalue weighted by Gasteiger charge is -2.34. The van der Waals surface area contributed by atoms with Crippen LogP contribution in [0.2, 0.25) is 0 Å². The van der Waals surface area contributed by atoms with Gasteiger partial charge >= 0.3 is 6.18 Å². The van der Waals surface area contributed by atoms with E-state index in [0.717, 1.165) is 22.3 Å². The van der Waals surface area contributed by atoms with Gasteiger partial charge in [0.15, 0.2) is 11.9 Å². The minimum Gasteiger partial charge on any atom is -0.366 e. The van der Waals surface area contributed by atoms with E-state index in [1.165, 1.54) is 6.92 Å². The summed E-state index contributed by atoms with van der Waals surface area (Å²) >= 11 is 0. The molecule has 6 heteroatoms. The number of hydrogen-bond donors (Lipinski definition) is 0. The van der Waals surface area contributed by atoms with Gasteiger partial charge in [-0.25, -0.2) is 0 Å². The molecule has 1 aliphatic heterocycles. The molecule has 128 valence electrons. The Bertz CT molecular complexity index is 611. The Balaban J connectivity index is 2.26. The van der Waals surface area contributed by atoms with E-state index in [0.29, 0.717) is 18.7 Å². The van der Waals surface area contributed by atoms with Crippen molar-refractivity contribution >= 4 is 5.78 Å². The van der Waals surface area contributed by atoms with Crippen molar-refractivity contribution in [3.63, 3.8) is 0 Å². The second-order valence-corrected chi connectivity index (χ2v) is 6.18. The molecule has 1 aromatic rings. The van der Waals surface area contributed by atoms with Crippen LogP contribution >= 0.6 is 0 Å². The Morgan fingerprint density at radius 2 is 1.96 bits per heavy atom. The fourth-order valence-corrected chi connectivity index (χ4v) is 3.28. The first-order valence-corrected chi connectivity index (χ1v) is 7.62. The topological polar surface area (TPSA) is 29.5 Å². The summed E-state index contributed by atoms with van der Waals surface area (Å²) in [5, 5.41) is 0. The predicted molar refractivity (Wildman–Crippen MR) is 81.7 cm³/mol. The normalized spacial score (nSPS) is 19.9. The third-order valence-corrected chi connectivity index (χ3v) is 4.38. The lowest BCUT2D eigenvalue weighted by molar-refractivity contribution is -0.237. The van der Waals surface area contributed by atoms with Gasteiger partial charge in [0.1, 0.15) is 0 Å². The Morgan fingerprint density at radius 1 is 1.30 bits per heavy atom. The van der Waals surface area contributed by atoms with E-state index in [2.05, 4.69) is 0 Å². The lowest BCUT2D eigenvalue weighted by atomic mass is 9.91. The maximum absolute atomic E-state index is 12.8. The van der Waals surface area contributed by atoms with Crippen LogP contribution in [0.25, 0.3) is 0 Å². The van der Waals surface area contributed by atoms with Crippen LogP contribution in [-0.4, -0.2) is 42.7 Å². The van der Waals surface area contributed by atoms with Gasteiger partial charge in [-0.2, -0.15) is 13.2 Å². The number of carbonyl (C=O) groups is 1. The Hall–Kier alpha value is -1.40. The van der Waals surface area contributed by atoms with E-state index < -0.39 is 12.3 Å². The number of nitrogens with zero attached hydrogens (tertiary/aromatic N) is 1. The highest BCUT2D eigenvalue weighted by molar-refractivity contribution is 5.97. The molecule has 0 bridgehead atoms. The summed E-state index contributed by atoms with van der Waals surface area (Å²) in [7, 11) is 0. The summed E-state index contributed by atoms with van der Waals surface area (Å²) in [5.74, 6) is -0.0172. The molecule has 1 unspecified atom stereocenters. The smallest absolute Gasteiger partial charge is 0.366 e. The maximum atomic E-state index is 12.8. The predicted octanol–water partition coefficient (Wildman–Crippen LogP) is 3.58. The standard InChI is InChI=1S/C17H22F3NO2/c1-10-7-11(2)16(13(4)22)12(3)14(10)8-21-5-6-23-15(9-21)17(18,19)20/h7,15H,5-6,8-9H2,1-4H3. The summed E-state index contributed by atoms with van der Waals surface area (Å²) < 4.78 is 43.3. The van der Waals surface area contributed by atoms with Gasteiger partial charge in [0, 0.05) is 25.2 Å². The molecule has 0 aliphatic carbocycles. The van der Waals surface area contributed by atoms with E-state index in [4.69, 9.17) is 4.74 Å². The van der Waals surface area contributed by atoms with E-state index in [-0.39, 0.29) is 18.9 Å². The first-order chi connectivity index (χ1) is 10.6. The van der Waals surface area contributed by atoms with Gasteiger partial charge in [0.25, 0.3) is 0 Å². The van der Waals surface area contributed by atoms with Crippen LogP contribution in [0, 0.1) is 20.8 Å². The van der Waals surface area contributed by atoms with Crippen molar-refractivity contribution in [1.82, 2.24) is 4.90 Å². The molecule has 0 saturated carbocycles. The molecule has 3 nitrogen and oxygen atoms in total. The minimum absolute atomic E-state index is 0.0172. The van der Waals surface area contributed by atoms with Crippen molar-refractivity contribution in [2.75, 3.05) is 19.7 Å². The summed E-state index contributed by atoms with van der Waals surface area (Å²) in [4.78, 5) is 13.6. The van der Waals surface area contributed by atoms with Gasteiger partial charge in [0.05, 0.1) is 6.61 Å². The first-order valence-electron chi connectivity index (χ1n) is 7.62. The molecule has 0 N–H and O–H groups in total. The molecule has 1 fully saturated rings. The zero-order valence-electron chi connectivity index (χ0n) is 13.9. The Kier molecular flexibility index (Phi) is 5.16. The van der Waals surface area contributed by atoms with E-state index >= 15 is 0 Å². The third-order valence-electron chi connectivity index (χ3n) is 4.38. The van der Waals surface area contributed by atoms with Crippen molar-refractivity contribution in [1.29, 1.82) is 0 Å². The fourth-order valence-electron chi connectivity index (χ4n) is 3.28. The number of hydrogen-bond acceptors (Lipinski definition) is 3. The van der Waals surface area contributed by atoms with E-state index in [1.807, 2.05) is 26.8 Å². The number of alkyl halides is 3. The number of rotatable bonds is 3. The molecule has 1 atom stereocenters.